The summed E-state index contributed by atoms with van der Waals surface area (Å²) < 4.78 is 30.0. The van der Waals surface area contributed by atoms with E-state index in [-0.39, 0.29) is 45.4 Å². The number of carbonyl (C=O) groups is 2. The molecule has 7 nitrogen and oxygen atoms in total. The van der Waals surface area contributed by atoms with Gasteiger partial charge in [-0.2, -0.15) is 0 Å². The van der Waals surface area contributed by atoms with Crippen LogP contribution in [0.3, 0.4) is 0 Å². The van der Waals surface area contributed by atoms with Crippen molar-refractivity contribution in [2.45, 2.75) is 37.8 Å². The summed E-state index contributed by atoms with van der Waals surface area (Å²) in [5.41, 5.74) is 1.66. The van der Waals surface area contributed by atoms with E-state index in [4.69, 9.17) is 23.2 Å². The Morgan fingerprint density at radius 2 is 1.47 bits per heavy atom. The summed E-state index contributed by atoms with van der Waals surface area (Å²) in [5, 5.41) is 3.33. The van der Waals surface area contributed by atoms with Crippen LogP contribution in [-0.4, -0.2) is 44.3 Å². The average molecular weight is 732 g/mol. The topological polar surface area (TPSA) is 86.8 Å². The quantitative estimate of drug-likeness (QED) is 0.156. The molecule has 1 N–H and O–H groups in total. The van der Waals surface area contributed by atoms with Crippen molar-refractivity contribution in [1.82, 2.24) is 10.2 Å². The second-order valence-electron chi connectivity index (χ2n) is 10.9. The van der Waals surface area contributed by atoms with Crippen molar-refractivity contribution >= 4 is 66.7 Å². The molecule has 0 saturated heterocycles. The number of nitrogens with zero attached hydrogens (tertiary/aromatic N) is 2. The summed E-state index contributed by atoms with van der Waals surface area (Å²) in [5.74, 6) is -0.746. The lowest BCUT2D eigenvalue weighted by Gasteiger charge is -2.34. The molecule has 0 aromatic heterocycles. The third-order valence-corrected chi connectivity index (χ3v) is 9.87. The summed E-state index contributed by atoms with van der Waals surface area (Å²) in [6.07, 6.45) is 0.219. The van der Waals surface area contributed by atoms with Crippen molar-refractivity contribution in [1.29, 1.82) is 0 Å². The number of carbonyl (C=O) groups excluding carboxylic acids is 2. The largest absolute Gasteiger partial charge is 0.354 e. The van der Waals surface area contributed by atoms with Crippen LogP contribution in [0.5, 0.6) is 0 Å². The monoisotopic (exact) mass is 729 g/mol. The first-order chi connectivity index (χ1) is 21.5. The van der Waals surface area contributed by atoms with E-state index in [1.807, 2.05) is 68.4 Å². The predicted octanol–water partition coefficient (Wildman–Crippen LogP) is 7.36. The molecule has 0 spiro atoms. The molecule has 45 heavy (non-hydrogen) atoms. The van der Waals surface area contributed by atoms with Gasteiger partial charge >= 0.3 is 0 Å². The minimum absolute atomic E-state index is 0.0242. The fourth-order valence-electron chi connectivity index (χ4n) is 4.67. The van der Waals surface area contributed by atoms with Crippen LogP contribution in [-0.2, 0) is 32.6 Å². The van der Waals surface area contributed by atoms with Crippen LogP contribution in [0.2, 0.25) is 10.0 Å². The zero-order valence-corrected chi connectivity index (χ0v) is 28.8. The Morgan fingerprint density at radius 1 is 0.844 bits per heavy atom. The molecule has 1 atom stereocenters. The number of halogens is 3. The molecule has 0 aliphatic rings. The van der Waals surface area contributed by atoms with Gasteiger partial charge in [-0.3, -0.25) is 13.9 Å². The molecule has 4 aromatic carbocycles. The molecule has 0 aliphatic heterocycles. The van der Waals surface area contributed by atoms with Gasteiger partial charge in [-0.1, -0.05) is 114 Å². The van der Waals surface area contributed by atoms with E-state index in [1.165, 1.54) is 35.2 Å². The van der Waals surface area contributed by atoms with E-state index in [9.17, 15) is 18.0 Å². The Hall–Kier alpha value is -3.37. The maximum absolute atomic E-state index is 14.5. The lowest BCUT2D eigenvalue weighted by atomic mass is 10.0. The second-order valence-corrected chi connectivity index (χ2v) is 14.5. The number of rotatable bonds is 13. The Bertz CT molecular complexity index is 1710. The van der Waals surface area contributed by atoms with Gasteiger partial charge < -0.3 is 10.2 Å². The first-order valence-electron chi connectivity index (χ1n) is 14.3. The highest BCUT2D eigenvalue weighted by molar-refractivity contribution is 9.10. The third-order valence-electron chi connectivity index (χ3n) is 7.01. The van der Waals surface area contributed by atoms with Crippen LogP contribution in [0.15, 0.2) is 112 Å². The van der Waals surface area contributed by atoms with Gasteiger partial charge in [0.1, 0.15) is 12.6 Å². The van der Waals surface area contributed by atoms with Gasteiger partial charge in [0, 0.05) is 29.0 Å². The number of anilines is 1. The second kappa shape index (κ2) is 15.8. The molecular weight excluding hydrogens is 697 g/mol. The molecule has 4 rings (SSSR count). The highest BCUT2D eigenvalue weighted by Gasteiger charge is 2.35. The molecule has 0 saturated carbocycles. The van der Waals surface area contributed by atoms with Gasteiger partial charge in [-0.15, -0.1) is 0 Å². The molecule has 0 radical (unpaired) electrons. The summed E-state index contributed by atoms with van der Waals surface area (Å²) in [6, 6.07) is 28.1. The summed E-state index contributed by atoms with van der Waals surface area (Å²) in [7, 11) is -4.29. The number of amides is 2. The minimum atomic E-state index is -4.29. The Labute approximate surface area is 283 Å². The van der Waals surface area contributed by atoms with Gasteiger partial charge in [0.2, 0.25) is 11.8 Å². The Balaban J connectivity index is 1.82. The van der Waals surface area contributed by atoms with E-state index in [0.29, 0.717) is 6.54 Å². The molecule has 4 aromatic rings. The van der Waals surface area contributed by atoms with E-state index in [2.05, 4.69) is 21.2 Å². The van der Waals surface area contributed by atoms with Crippen molar-refractivity contribution in [3.05, 3.63) is 129 Å². The molecule has 0 unspecified atom stereocenters. The molecule has 0 heterocycles. The number of nitrogens with one attached hydrogen (secondary N) is 1. The molecule has 2 amide bonds. The third kappa shape index (κ3) is 9.33. The number of sulfonamides is 1. The first kappa shape index (κ1) is 34.5. The zero-order chi connectivity index (χ0) is 32.6. The number of hydrogen-bond donors (Lipinski definition) is 1. The molecule has 11 heteroatoms. The minimum Gasteiger partial charge on any atom is -0.354 e. The summed E-state index contributed by atoms with van der Waals surface area (Å²) in [4.78, 5) is 29.8. The van der Waals surface area contributed by atoms with E-state index in [0.717, 1.165) is 19.9 Å². The van der Waals surface area contributed by atoms with Gasteiger partial charge in [-0.25, -0.2) is 8.42 Å². The lowest BCUT2D eigenvalue weighted by molar-refractivity contribution is -0.140. The average Bonchev–Trinajstić information content (AvgIpc) is 3.03. The van der Waals surface area contributed by atoms with E-state index < -0.39 is 28.5 Å². The van der Waals surface area contributed by atoms with Gasteiger partial charge in [0.05, 0.1) is 15.6 Å². The van der Waals surface area contributed by atoms with Crippen LogP contribution < -0.4 is 9.62 Å². The summed E-state index contributed by atoms with van der Waals surface area (Å²) in [6.45, 7) is 3.81. The van der Waals surface area contributed by atoms with Crippen molar-refractivity contribution in [2.75, 3.05) is 17.4 Å². The van der Waals surface area contributed by atoms with Crippen molar-refractivity contribution in [3.8, 4) is 0 Å². The van der Waals surface area contributed by atoms with Gasteiger partial charge in [0.25, 0.3) is 10.0 Å². The number of hydrogen-bond acceptors (Lipinski definition) is 4. The van der Waals surface area contributed by atoms with Crippen LogP contribution in [0.25, 0.3) is 0 Å². The van der Waals surface area contributed by atoms with E-state index >= 15 is 0 Å². The maximum atomic E-state index is 14.5. The lowest BCUT2D eigenvalue weighted by Crippen LogP contribution is -2.53. The van der Waals surface area contributed by atoms with Gasteiger partial charge in [0.15, 0.2) is 0 Å². The Kier molecular flexibility index (Phi) is 12.1. The fraction of sp³-hybridized carbons (Fsp3) is 0.235. The first-order valence-corrected chi connectivity index (χ1v) is 17.3. The fourth-order valence-corrected chi connectivity index (χ4v) is 6.82. The van der Waals surface area contributed by atoms with Crippen LogP contribution in [0.4, 0.5) is 5.69 Å². The van der Waals surface area contributed by atoms with Crippen molar-refractivity contribution in [2.24, 2.45) is 5.92 Å². The molecule has 0 fully saturated rings. The highest BCUT2D eigenvalue weighted by Crippen LogP contribution is 2.33. The van der Waals surface area contributed by atoms with Crippen molar-refractivity contribution in [3.63, 3.8) is 0 Å². The number of benzene rings is 4. The van der Waals surface area contributed by atoms with Crippen LogP contribution >= 0.6 is 39.1 Å². The zero-order valence-electron chi connectivity index (χ0n) is 24.9. The normalized spacial score (nSPS) is 12.0. The van der Waals surface area contributed by atoms with Crippen molar-refractivity contribution < 1.29 is 18.0 Å². The standard InChI is InChI=1S/C34H34BrCl2N3O4S/c1-24(2)21-38-34(42)32(19-25-9-5-3-6-10-25)39(22-26-13-15-27(35)16-14-26)33(41)23-40(31-20-28(36)17-18-30(31)37)45(43,44)29-11-7-4-8-12-29/h3-18,20,24,32H,19,21-23H2,1-2H3,(H,38,42)/t32-/m0/s1. The van der Waals surface area contributed by atoms with Crippen LogP contribution in [0.1, 0.15) is 25.0 Å². The molecule has 0 bridgehead atoms. The smallest absolute Gasteiger partial charge is 0.264 e. The molecule has 0 aliphatic carbocycles. The predicted molar refractivity (Wildman–Crippen MR) is 184 cm³/mol. The summed E-state index contributed by atoms with van der Waals surface area (Å²) >= 11 is 16.3. The van der Waals surface area contributed by atoms with E-state index in [1.54, 1.807) is 18.2 Å². The highest BCUT2D eigenvalue weighted by atomic mass is 79.9. The molecular formula is C34H34BrCl2N3O4S. The molecule has 236 valence electrons. The van der Waals surface area contributed by atoms with Gasteiger partial charge in [-0.05, 0) is 59.5 Å². The maximum Gasteiger partial charge on any atom is 0.264 e. The Morgan fingerprint density at radius 3 is 2.09 bits per heavy atom. The van der Waals surface area contributed by atoms with Crippen LogP contribution in [0, 0.1) is 5.92 Å². The SMILES string of the molecule is CC(C)CNC(=O)[C@H](Cc1ccccc1)N(Cc1ccc(Br)cc1)C(=O)CN(c1cc(Cl)ccc1Cl)S(=O)(=O)c1ccccc1.